The molecule has 160 valence electrons. The summed E-state index contributed by atoms with van der Waals surface area (Å²) in [6.45, 7) is 3.98. The Morgan fingerprint density at radius 1 is 0.900 bits per heavy atom. The smallest absolute Gasteiger partial charge is 0.220 e. The molecule has 1 heterocycles. The summed E-state index contributed by atoms with van der Waals surface area (Å²) in [6.07, 6.45) is 9.52. The van der Waals surface area contributed by atoms with Crippen LogP contribution < -0.4 is 5.32 Å². The predicted molar refractivity (Wildman–Crippen MR) is 125 cm³/mol. The monoisotopic (exact) mass is 405 g/mol. The van der Waals surface area contributed by atoms with Crippen molar-refractivity contribution in [2.45, 2.75) is 71.3 Å². The van der Waals surface area contributed by atoms with Gasteiger partial charge < -0.3 is 9.88 Å². The van der Waals surface area contributed by atoms with E-state index in [0.717, 1.165) is 37.1 Å². The number of imidazole rings is 1. The summed E-state index contributed by atoms with van der Waals surface area (Å²) >= 11 is 0. The lowest BCUT2D eigenvalue weighted by molar-refractivity contribution is -0.121. The van der Waals surface area contributed by atoms with Gasteiger partial charge in [-0.2, -0.15) is 0 Å². The summed E-state index contributed by atoms with van der Waals surface area (Å²) in [5, 5.41) is 3.07. The van der Waals surface area contributed by atoms with Crippen molar-refractivity contribution in [1.29, 1.82) is 0 Å². The van der Waals surface area contributed by atoms with Crippen molar-refractivity contribution in [3.63, 3.8) is 0 Å². The van der Waals surface area contributed by atoms with E-state index in [1.807, 2.05) is 18.2 Å². The Morgan fingerprint density at radius 3 is 2.50 bits per heavy atom. The Bertz CT molecular complexity index is 901. The lowest BCUT2D eigenvalue weighted by Crippen LogP contribution is -2.25. The fourth-order valence-electron chi connectivity index (χ4n) is 3.90. The molecule has 0 atom stereocenters. The van der Waals surface area contributed by atoms with Gasteiger partial charge in [0.2, 0.25) is 5.91 Å². The largest absolute Gasteiger partial charge is 0.356 e. The van der Waals surface area contributed by atoms with Gasteiger partial charge in [-0.1, -0.05) is 75.1 Å². The number of amides is 1. The number of rotatable bonds is 13. The van der Waals surface area contributed by atoms with E-state index in [2.05, 4.69) is 53.2 Å². The first kappa shape index (κ1) is 22.1. The van der Waals surface area contributed by atoms with Crippen molar-refractivity contribution in [1.82, 2.24) is 14.9 Å². The van der Waals surface area contributed by atoms with Crippen LogP contribution in [0.5, 0.6) is 0 Å². The molecule has 0 saturated heterocycles. The third-order valence-corrected chi connectivity index (χ3v) is 5.60. The predicted octanol–water partition coefficient (Wildman–Crippen LogP) is 5.69. The zero-order chi connectivity index (χ0) is 21.0. The second-order valence-corrected chi connectivity index (χ2v) is 8.02. The molecule has 4 heteroatoms. The first-order valence-electron chi connectivity index (χ1n) is 11.5. The molecule has 1 N–H and O–H groups in total. The van der Waals surface area contributed by atoms with Gasteiger partial charge in [-0.25, -0.2) is 4.98 Å². The number of nitrogens with zero attached hydrogens (tertiary/aromatic N) is 2. The minimum absolute atomic E-state index is 0.128. The molecule has 0 spiro atoms. The molecule has 0 aliphatic heterocycles. The van der Waals surface area contributed by atoms with Crippen molar-refractivity contribution < 1.29 is 4.79 Å². The van der Waals surface area contributed by atoms with E-state index in [1.165, 1.54) is 43.2 Å². The van der Waals surface area contributed by atoms with Crippen molar-refractivity contribution in [3.8, 4) is 0 Å². The molecular weight excluding hydrogens is 370 g/mol. The minimum atomic E-state index is 0.128. The Morgan fingerprint density at radius 2 is 1.67 bits per heavy atom. The van der Waals surface area contributed by atoms with Gasteiger partial charge in [-0.05, 0) is 37.0 Å². The number of aryl methyl sites for hydroxylation is 3. The van der Waals surface area contributed by atoms with Crippen LogP contribution in [-0.4, -0.2) is 22.0 Å². The molecule has 0 radical (unpaired) electrons. The third kappa shape index (κ3) is 6.72. The SMILES string of the molecule is CCCCCCCn1c(CCCNC(=O)CCc2ccccc2)nc2ccccc21. The fraction of sp³-hybridized carbons (Fsp3) is 0.462. The molecule has 30 heavy (non-hydrogen) atoms. The van der Waals surface area contributed by atoms with Gasteiger partial charge >= 0.3 is 0 Å². The Hall–Kier alpha value is -2.62. The van der Waals surface area contributed by atoms with Crippen molar-refractivity contribution in [3.05, 3.63) is 66.0 Å². The number of unbranched alkanes of at least 4 members (excludes halogenated alkanes) is 4. The Balaban J connectivity index is 1.46. The average molecular weight is 406 g/mol. The molecule has 0 aliphatic carbocycles. The molecule has 0 aliphatic rings. The molecule has 0 saturated carbocycles. The number of benzene rings is 2. The van der Waals surface area contributed by atoms with Crippen molar-refractivity contribution in [2.75, 3.05) is 6.54 Å². The van der Waals surface area contributed by atoms with Crippen LogP contribution in [0, 0.1) is 0 Å². The normalized spacial score (nSPS) is 11.1. The van der Waals surface area contributed by atoms with E-state index < -0.39 is 0 Å². The molecule has 3 rings (SSSR count). The second kappa shape index (κ2) is 12.2. The Kier molecular flexibility index (Phi) is 8.95. The molecule has 0 unspecified atom stereocenters. The standard InChI is InChI=1S/C26H35N3O/c1-2-3-4-5-11-21-29-24-16-10-9-15-23(24)28-25(29)17-12-20-27-26(30)19-18-22-13-7-6-8-14-22/h6-10,13-16H,2-5,11-12,17-21H2,1H3,(H,27,30). The van der Waals surface area contributed by atoms with Gasteiger partial charge in [0.15, 0.2) is 0 Å². The van der Waals surface area contributed by atoms with Crippen LogP contribution in [0.4, 0.5) is 0 Å². The van der Waals surface area contributed by atoms with E-state index in [1.54, 1.807) is 0 Å². The second-order valence-electron chi connectivity index (χ2n) is 8.02. The number of fused-ring (bicyclic) bond motifs is 1. The van der Waals surface area contributed by atoms with Crippen LogP contribution in [0.2, 0.25) is 0 Å². The van der Waals surface area contributed by atoms with Crippen LogP contribution in [0.3, 0.4) is 0 Å². The topological polar surface area (TPSA) is 46.9 Å². The quantitative estimate of drug-likeness (QED) is 0.371. The number of hydrogen-bond acceptors (Lipinski definition) is 2. The van der Waals surface area contributed by atoms with E-state index in [9.17, 15) is 4.79 Å². The van der Waals surface area contributed by atoms with E-state index in [-0.39, 0.29) is 5.91 Å². The van der Waals surface area contributed by atoms with Gasteiger partial charge in [0.05, 0.1) is 11.0 Å². The zero-order valence-electron chi connectivity index (χ0n) is 18.3. The highest BCUT2D eigenvalue weighted by molar-refractivity contribution is 5.76. The Labute approximate surface area is 180 Å². The highest BCUT2D eigenvalue weighted by Gasteiger charge is 2.10. The number of para-hydroxylation sites is 2. The number of nitrogens with one attached hydrogen (secondary N) is 1. The number of carbonyl (C=O) groups is 1. The summed E-state index contributed by atoms with van der Waals surface area (Å²) in [6, 6.07) is 18.6. The molecule has 0 fully saturated rings. The number of carbonyl (C=O) groups excluding carboxylic acids is 1. The maximum Gasteiger partial charge on any atom is 0.220 e. The summed E-state index contributed by atoms with van der Waals surface area (Å²) in [4.78, 5) is 17.0. The van der Waals surface area contributed by atoms with Gasteiger partial charge in [0.1, 0.15) is 5.82 Å². The molecule has 1 amide bonds. The lowest BCUT2D eigenvalue weighted by atomic mass is 10.1. The van der Waals surface area contributed by atoms with Crippen LogP contribution in [0.25, 0.3) is 11.0 Å². The maximum absolute atomic E-state index is 12.1. The molecule has 1 aromatic heterocycles. The highest BCUT2D eigenvalue weighted by atomic mass is 16.1. The van der Waals surface area contributed by atoms with Crippen LogP contribution in [0.15, 0.2) is 54.6 Å². The van der Waals surface area contributed by atoms with Crippen molar-refractivity contribution in [2.24, 2.45) is 0 Å². The van der Waals surface area contributed by atoms with E-state index >= 15 is 0 Å². The summed E-state index contributed by atoms with van der Waals surface area (Å²) in [5.74, 6) is 1.27. The first-order chi connectivity index (χ1) is 14.8. The zero-order valence-corrected chi connectivity index (χ0v) is 18.3. The lowest BCUT2D eigenvalue weighted by Gasteiger charge is -2.10. The summed E-state index contributed by atoms with van der Waals surface area (Å²) in [7, 11) is 0. The molecular formula is C26H35N3O. The maximum atomic E-state index is 12.1. The van der Waals surface area contributed by atoms with Gasteiger partial charge in [0.25, 0.3) is 0 Å². The van der Waals surface area contributed by atoms with Gasteiger partial charge in [-0.15, -0.1) is 0 Å². The van der Waals surface area contributed by atoms with Crippen LogP contribution in [0.1, 0.15) is 63.3 Å². The van der Waals surface area contributed by atoms with E-state index in [4.69, 9.17) is 4.98 Å². The van der Waals surface area contributed by atoms with Gasteiger partial charge in [0, 0.05) is 25.9 Å². The van der Waals surface area contributed by atoms with Crippen LogP contribution >= 0.6 is 0 Å². The van der Waals surface area contributed by atoms with Crippen LogP contribution in [-0.2, 0) is 24.2 Å². The van der Waals surface area contributed by atoms with Gasteiger partial charge in [-0.3, -0.25) is 4.79 Å². The molecule has 4 nitrogen and oxygen atoms in total. The minimum Gasteiger partial charge on any atom is -0.356 e. The first-order valence-corrected chi connectivity index (χ1v) is 11.5. The number of hydrogen-bond donors (Lipinski definition) is 1. The highest BCUT2D eigenvalue weighted by Crippen LogP contribution is 2.18. The van der Waals surface area contributed by atoms with E-state index in [0.29, 0.717) is 13.0 Å². The third-order valence-electron chi connectivity index (χ3n) is 5.60. The molecule has 2 aromatic carbocycles. The fourth-order valence-corrected chi connectivity index (χ4v) is 3.90. The molecule has 0 bridgehead atoms. The number of aromatic nitrogens is 2. The summed E-state index contributed by atoms with van der Waals surface area (Å²) in [5.41, 5.74) is 3.52. The average Bonchev–Trinajstić information content (AvgIpc) is 3.13. The summed E-state index contributed by atoms with van der Waals surface area (Å²) < 4.78 is 2.39. The molecule has 3 aromatic rings. The van der Waals surface area contributed by atoms with Crippen molar-refractivity contribution >= 4 is 16.9 Å².